The van der Waals surface area contributed by atoms with Gasteiger partial charge in [0.05, 0.1) is 18.4 Å². The Kier molecular flexibility index (Phi) is 8.79. The van der Waals surface area contributed by atoms with Crippen LogP contribution in [0.1, 0.15) is 33.1 Å². The van der Waals surface area contributed by atoms with E-state index in [2.05, 4.69) is 24.1 Å². The molecule has 0 radical (unpaired) electrons. The number of nitroso groups, excluding NO2 is 1. The minimum atomic E-state index is -0.0264. The van der Waals surface area contributed by atoms with Crippen molar-refractivity contribution in [3.05, 3.63) is 4.91 Å². The molecule has 0 aliphatic carbocycles. The van der Waals surface area contributed by atoms with Gasteiger partial charge < -0.3 is 5.11 Å². The molecule has 0 amide bonds. The lowest BCUT2D eigenvalue weighted by atomic mass is 10.0. The smallest absolute Gasteiger partial charge is 0.0624 e. The van der Waals surface area contributed by atoms with Crippen molar-refractivity contribution in [1.29, 1.82) is 0 Å². The first kappa shape index (κ1) is 13.9. The van der Waals surface area contributed by atoms with Crippen molar-refractivity contribution >= 4 is 0 Å². The molecule has 0 aliphatic rings. The number of hydrogen-bond acceptors (Lipinski definition) is 3. The monoisotopic (exact) mass is 212 g/mol. The number of hydrogen-bond donors (Lipinski definition) is 1. The molecule has 0 aliphatic heterocycles. The van der Waals surface area contributed by atoms with E-state index < -0.39 is 0 Å². The highest BCUT2D eigenvalue weighted by Crippen LogP contribution is 2.10. The molecule has 0 aromatic heterocycles. The van der Waals surface area contributed by atoms with Gasteiger partial charge in [-0.25, -0.2) is 0 Å². The molecule has 1 N–H and O–H groups in total. The lowest BCUT2D eigenvalue weighted by molar-refractivity contribution is 0.190. The molecular formula is C11H20N2O2. The summed E-state index contributed by atoms with van der Waals surface area (Å²) in [5, 5.41) is 12.9. The van der Waals surface area contributed by atoms with Gasteiger partial charge in [-0.15, -0.1) is 16.7 Å². The van der Waals surface area contributed by atoms with Crippen LogP contribution in [0.3, 0.4) is 0 Å². The van der Waals surface area contributed by atoms with Crippen molar-refractivity contribution in [1.82, 2.24) is 5.01 Å². The highest BCUT2D eigenvalue weighted by Gasteiger charge is 2.06. The minimum absolute atomic E-state index is 0.0264. The molecule has 15 heavy (non-hydrogen) atoms. The number of aliphatic hydroxyl groups excluding tert-OH is 1. The summed E-state index contributed by atoms with van der Waals surface area (Å²) in [4.78, 5) is 10.3. The Bertz CT molecular complexity index is 220. The molecule has 0 rings (SSSR count). The number of aliphatic hydroxyl groups is 1. The standard InChI is InChI=1S/C11H20N2O2/c1-3-4-5-6-11(2)7-8-13(12-15)9-10-14/h11,14H,5-10H2,1-2H3. The largest absolute Gasteiger partial charge is 0.394 e. The SMILES string of the molecule is CC#CCCC(C)CCN(CCO)N=O. The second-order valence-electron chi connectivity index (χ2n) is 3.62. The molecular weight excluding hydrogens is 192 g/mol. The van der Waals surface area contributed by atoms with Gasteiger partial charge in [-0.3, -0.25) is 5.01 Å². The topological polar surface area (TPSA) is 52.9 Å². The fourth-order valence-corrected chi connectivity index (χ4v) is 1.27. The van der Waals surface area contributed by atoms with Gasteiger partial charge >= 0.3 is 0 Å². The predicted molar refractivity (Wildman–Crippen MR) is 60.9 cm³/mol. The maximum absolute atomic E-state index is 10.3. The van der Waals surface area contributed by atoms with Crippen molar-refractivity contribution in [2.75, 3.05) is 19.7 Å². The molecule has 4 heteroatoms. The first-order valence-electron chi connectivity index (χ1n) is 5.33. The van der Waals surface area contributed by atoms with E-state index in [0.717, 1.165) is 19.3 Å². The third kappa shape index (κ3) is 7.95. The van der Waals surface area contributed by atoms with Gasteiger partial charge in [0.2, 0.25) is 0 Å². The van der Waals surface area contributed by atoms with Crippen LogP contribution in [0.25, 0.3) is 0 Å². The van der Waals surface area contributed by atoms with Crippen molar-refractivity contribution in [3.63, 3.8) is 0 Å². The third-order valence-electron chi connectivity index (χ3n) is 2.29. The zero-order chi connectivity index (χ0) is 11.5. The second-order valence-corrected chi connectivity index (χ2v) is 3.62. The molecule has 0 heterocycles. The van der Waals surface area contributed by atoms with Crippen molar-refractivity contribution in [3.8, 4) is 11.8 Å². The van der Waals surface area contributed by atoms with Gasteiger partial charge in [-0.05, 0) is 25.7 Å². The Hall–Kier alpha value is -1.08. The van der Waals surface area contributed by atoms with E-state index in [4.69, 9.17) is 5.11 Å². The lowest BCUT2D eigenvalue weighted by Gasteiger charge is -2.16. The van der Waals surface area contributed by atoms with E-state index >= 15 is 0 Å². The number of rotatable bonds is 8. The van der Waals surface area contributed by atoms with Gasteiger partial charge in [-0.2, -0.15) is 0 Å². The average molecular weight is 212 g/mol. The van der Waals surface area contributed by atoms with Gasteiger partial charge in [0.1, 0.15) is 0 Å². The molecule has 0 aromatic rings. The fourth-order valence-electron chi connectivity index (χ4n) is 1.27. The van der Waals surface area contributed by atoms with E-state index in [9.17, 15) is 4.91 Å². The average Bonchev–Trinajstić information content (AvgIpc) is 2.24. The third-order valence-corrected chi connectivity index (χ3v) is 2.29. The Morgan fingerprint density at radius 3 is 2.67 bits per heavy atom. The summed E-state index contributed by atoms with van der Waals surface area (Å²) in [5.41, 5.74) is 0. The molecule has 0 aromatic carbocycles. The zero-order valence-electron chi connectivity index (χ0n) is 9.57. The van der Waals surface area contributed by atoms with Gasteiger partial charge in [0, 0.05) is 13.0 Å². The van der Waals surface area contributed by atoms with E-state index in [-0.39, 0.29) is 6.61 Å². The highest BCUT2D eigenvalue weighted by atomic mass is 16.3. The molecule has 1 unspecified atom stereocenters. The van der Waals surface area contributed by atoms with Gasteiger partial charge in [-0.1, -0.05) is 6.92 Å². The molecule has 86 valence electrons. The van der Waals surface area contributed by atoms with Crippen LogP contribution in [0.5, 0.6) is 0 Å². The molecule has 1 atom stereocenters. The molecule has 4 nitrogen and oxygen atoms in total. The lowest BCUT2D eigenvalue weighted by Crippen LogP contribution is -2.23. The Balaban J connectivity index is 3.61. The van der Waals surface area contributed by atoms with Crippen molar-refractivity contribution in [2.24, 2.45) is 11.2 Å². The van der Waals surface area contributed by atoms with Gasteiger partial charge in [0.15, 0.2) is 0 Å². The van der Waals surface area contributed by atoms with Crippen molar-refractivity contribution < 1.29 is 5.11 Å². The summed E-state index contributed by atoms with van der Waals surface area (Å²) in [5.74, 6) is 6.41. The summed E-state index contributed by atoms with van der Waals surface area (Å²) in [6, 6.07) is 0. The predicted octanol–water partition coefficient (Wildman–Crippen LogP) is 1.79. The second kappa shape index (κ2) is 9.47. The van der Waals surface area contributed by atoms with E-state index in [1.807, 2.05) is 6.92 Å². The van der Waals surface area contributed by atoms with Crippen molar-refractivity contribution in [2.45, 2.75) is 33.1 Å². The first-order valence-corrected chi connectivity index (χ1v) is 5.33. The molecule has 0 saturated heterocycles. The van der Waals surface area contributed by atoms with E-state index in [0.29, 0.717) is 19.0 Å². The summed E-state index contributed by atoms with van der Waals surface area (Å²) in [6.45, 7) is 4.89. The normalized spacial score (nSPS) is 11.4. The Morgan fingerprint density at radius 1 is 1.40 bits per heavy atom. The highest BCUT2D eigenvalue weighted by molar-refractivity contribution is 4.94. The maximum Gasteiger partial charge on any atom is 0.0624 e. The fraction of sp³-hybridized carbons (Fsp3) is 0.818. The summed E-state index contributed by atoms with van der Waals surface area (Å²) >= 11 is 0. The number of nitrogens with zero attached hydrogens (tertiary/aromatic N) is 2. The van der Waals surface area contributed by atoms with E-state index in [1.54, 1.807) is 0 Å². The van der Waals surface area contributed by atoms with Crippen LogP contribution in [-0.2, 0) is 0 Å². The van der Waals surface area contributed by atoms with Crippen LogP contribution in [-0.4, -0.2) is 29.8 Å². The van der Waals surface area contributed by atoms with Gasteiger partial charge in [0.25, 0.3) is 0 Å². The molecule has 0 bridgehead atoms. The quantitative estimate of drug-likeness (QED) is 0.379. The Labute approximate surface area is 91.6 Å². The Morgan fingerprint density at radius 2 is 2.13 bits per heavy atom. The van der Waals surface area contributed by atoms with Crippen LogP contribution in [0.4, 0.5) is 0 Å². The van der Waals surface area contributed by atoms with E-state index in [1.165, 1.54) is 5.01 Å². The minimum Gasteiger partial charge on any atom is -0.394 e. The molecule has 0 saturated carbocycles. The van der Waals surface area contributed by atoms with Crippen LogP contribution < -0.4 is 0 Å². The van der Waals surface area contributed by atoms with Crippen LogP contribution in [0.2, 0.25) is 0 Å². The van der Waals surface area contributed by atoms with Crippen LogP contribution in [0, 0.1) is 22.7 Å². The van der Waals surface area contributed by atoms with Crippen LogP contribution in [0.15, 0.2) is 5.29 Å². The summed E-state index contributed by atoms with van der Waals surface area (Å²) in [6.07, 6.45) is 2.87. The van der Waals surface area contributed by atoms with Crippen LogP contribution >= 0.6 is 0 Å². The molecule has 0 fully saturated rings. The summed E-state index contributed by atoms with van der Waals surface area (Å²) in [7, 11) is 0. The first-order chi connectivity index (χ1) is 7.24. The maximum atomic E-state index is 10.3. The molecule has 0 spiro atoms. The zero-order valence-corrected chi connectivity index (χ0v) is 9.57. The summed E-state index contributed by atoms with van der Waals surface area (Å²) < 4.78 is 0.